The molecule has 8 heteroatoms. The van der Waals surface area contributed by atoms with Gasteiger partial charge in [0.1, 0.15) is 5.75 Å². The van der Waals surface area contributed by atoms with E-state index in [1.807, 2.05) is 0 Å². The molecule has 0 fully saturated rings. The van der Waals surface area contributed by atoms with Crippen LogP contribution in [0, 0.1) is 0 Å². The fourth-order valence-corrected chi connectivity index (χ4v) is 3.77. The topological polar surface area (TPSA) is 93.1 Å². The average molecular weight is 427 g/mol. The van der Waals surface area contributed by atoms with Crippen molar-refractivity contribution in [2.24, 2.45) is 0 Å². The minimum absolute atomic E-state index is 0.0225. The van der Waals surface area contributed by atoms with E-state index in [1.54, 1.807) is 75.0 Å². The summed E-state index contributed by atoms with van der Waals surface area (Å²) in [7, 11) is 1.55. The molecule has 1 aromatic heterocycles. The van der Waals surface area contributed by atoms with Crippen molar-refractivity contribution < 1.29 is 33.3 Å². The number of nitrogens with zero attached hydrogens (tertiary/aromatic N) is 1. The first-order valence-corrected chi connectivity index (χ1v) is 10.1. The van der Waals surface area contributed by atoms with Gasteiger partial charge in [-0.25, -0.2) is 4.79 Å². The number of rotatable bonds is 8. The van der Waals surface area contributed by atoms with Gasteiger partial charge in [-0.3, -0.25) is 9.59 Å². The molecular weight excluding hydrogens is 402 g/mol. The fourth-order valence-electron chi connectivity index (χ4n) is 3.77. The predicted octanol–water partition coefficient (Wildman–Crippen LogP) is 2.70. The van der Waals surface area contributed by atoms with E-state index in [9.17, 15) is 14.4 Å². The van der Waals surface area contributed by atoms with Gasteiger partial charge in [-0.2, -0.15) is 0 Å². The van der Waals surface area contributed by atoms with Gasteiger partial charge in [-0.15, -0.1) is 0 Å². The number of hydrogen-bond acceptors (Lipinski definition) is 7. The van der Waals surface area contributed by atoms with E-state index in [2.05, 4.69) is 0 Å². The van der Waals surface area contributed by atoms with Gasteiger partial charge in [0.2, 0.25) is 5.41 Å². The zero-order valence-corrected chi connectivity index (χ0v) is 18.0. The molecule has 8 nitrogen and oxygen atoms in total. The molecule has 3 rings (SSSR count). The molecule has 1 aliphatic heterocycles. The van der Waals surface area contributed by atoms with Crippen LogP contribution in [0.5, 0.6) is 5.75 Å². The van der Waals surface area contributed by atoms with Gasteiger partial charge in [-0.05, 0) is 62.7 Å². The molecule has 1 aromatic carbocycles. The normalized spacial score (nSPS) is 14.1. The Kier molecular flexibility index (Phi) is 6.48. The molecule has 31 heavy (non-hydrogen) atoms. The SMILES string of the molecule is CCOC(=O)C1=C(c2ccc(OC)cc2)n2cccc2C1(C(=O)OCC)C(=O)OCC. The number of ether oxygens (including phenoxy) is 4. The lowest BCUT2D eigenvalue weighted by Gasteiger charge is -2.26. The second-order valence-electron chi connectivity index (χ2n) is 6.63. The van der Waals surface area contributed by atoms with Crippen LogP contribution in [-0.2, 0) is 34.0 Å². The van der Waals surface area contributed by atoms with Gasteiger partial charge >= 0.3 is 17.9 Å². The summed E-state index contributed by atoms with van der Waals surface area (Å²) in [6.45, 7) is 5.02. The quantitative estimate of drug-likeness (QED) is 0.363. The highest BCUT2D eigenvalue weighted by Crippen LogP contribution is 2.47. The van der Waals surface area contributed by atoms with Crippen LogP contribution in [0.3, 0.4) is 0 Å². The van der Waals surface area contributed by atoms with E-state index in [-0.39, 0.29) is 31.1 Å². The number of methoxy groups -OCH3 is 1. The van der Waals surface area contributed by atoms with Gasteiger partial charge in [0.15, 0.2) is 0 Å². The Balaban J connectivity index is 2.39. The van der Waals surface area contributed by atoms with E-state index in [0.29, 0.717) is 17.0 Å². The van der Waals surface area contributed by atoms with E-state index in [4.69, 9.17) is 18.9 Å². The molecule has 0 N–H and O–H groups in total. The maximum Gasteiger partial charge on any atom is 0.338 e. The molecule has 0 saturated carbocycles. The average Bonchev–Trinajstić information content (AvgIpc) is 3.34. The molecule has 0 radical (unpaired) electrons. The zero-order chi connectivity index (χ0) is 22.6. The van der Waals surface area contributed by atoms with E-state index in [0.717, 1.165) is 0 Å². The van der Waals surface area contributed by atoms with Crippen LogP contribution >= 0.6 is 0 Å². The Morgan fingerprint density at radius 3 is 1.97 bits per heavy atom. The summed E-state index contributed by atoms with van der Waals surface area (Å²) in [5.41, 5.74) is -1.03. The van der Waals surface area contributed by atoms with Gasteiger partial charge in [0, 0.05) is 6.20 Å². The van der Waals surface area contributed by atoms with Crippen molar-refractivity contribution in [2.45, 2.75) is 26.2 Å². The Morgan fingerprint density at radius 1 is 0.871 bits per heavy atom. The van der Waals surface area contributed by atoms with Crippen molar-refractivity contribution in [1.82, 2.24) is 4.57 Å². The Hall–Kier alpha value is -3.55. The third kappa shape index (κ3) is 3.48. The van der Waals surface area contributed by atoms with Crippen LogP contribution in [0.25, 0.3) is 5.70 Å². The minimum Gasteiger partial charge on any atom is -0.497 e. The summed E-state index contributed by atoms with van der Waals surface area (Å²) in [5.74, 6) is -1.95. The molecule has 0 aliphatic carbocycles. The number of benzene rings is 1. The molecular formula is C23H25NO7. The number of carbonyl (C=O) groups is 3. The highest BCUT2D eigenvalue weighted by Gasteiger charge is 2.63. The standard InChI is InChI=1S/C23H25NO7/c1-5-29-20(25)18-19(15-10-12-16(28-4)13-11-15)24-14-8-9-17(24)23(18,21(26)30-6-2)22(27)31-7-3/h8-14H,5-7H2,1-4H3. The van der Waals surface area contributed by atoms with Crippen molar-refractivity contribution in [3.63, 3.8) is 0 Å². The van der Waals surface area contributed by atoms with Crippen molar-refractivity contribution in [2.75, 3.05) is 26.9 Å². The number of aromatic nitrogens is 1. The molecule has 0 bridgehead atoms. The van der Waals surface area contributed by atoms with E-state index >= 15 is 0 Å². The molecule has 0 saturated heterocycles. The first-order chi connectivity index (χ1) is 15.0. The van der Waals surface area contributed by atoms with Crippen molar-refractivity contribution >= 4 is 23.6 Å². The Morgan fingerprint density at radius 2 is 1.45 bits per heavy atom. The molecule has 0 unspecified atom stereocenters. The highest BCUT2D eigenvalue weighted by atomic mass is 16.6. The van der Waals surface area contributed by atoms with Crippen LogP contribution in [0.15, 0.2) is 48.2 Å². The zero-order valence-electron chi connectivity index (χ0n) is 18.0. The monoisotopic (exact) mass is 427 g/mol. The van der Waals surface area contributed by atoms with Crippen LogP contribution in [0.2, 0.25) is 0 Å². The first-order valence-electron chi connectivity index (χ1n) is 10.1. The summed E-state index contributed by atoms with van der Waals surface area (Å²) in [5, 5.41) is 0. The minimum atomic E-state index is -2.10. The summed E-state index contributed by atoms with van der Waals surface area (Å²) >= 11 is 0. The number of esters is 3. The Bertz CT molecular complexity index is 999. The van der Waals surface area contributed by atoms with E-state index < -0.39 is 23.3 Å². The molecule has 164 valence electrons. The molecule has 0 spiro atoms. The third-order valence-corrected chi connectivity index (χ3v) is 4.99. The van der Waals surface area contributed by atoms with Gasteiger partial charge in [0.05, 0.1) is 43.9 Å². The van der Waals surface area contributed by atoms with Crippen LogP contribution in [-0.4, -0.2) is 49.4 Å². The van der Waals surface area contributed by atoms with E-state index in [1.165, 1.54) is 0 Å². The lowest BCUT2D eigenvalue weighted by Crippen LogP contribution is -2.48. The van der Waals surface area contributed by atoms with Crippen molar-refractivity contribution in [3.05, 3.63) is 59.4 Å². The first kappa shape index (κ1) is 22.1. The lowest BCUT2D eigenvalue weighted by atomic mass is 9.77. The highest BCUT2D eigenvalue weighted by molar-refractivity contribution is 6.21. The lowest BCUT2D eigenvalue weighted by molar-refractivity contribution is -0.164. The largest absolute Gasteiger partial charge is 0.497 e. The smallest absolute Gasteiger partial charge is 0.338 e. The third-order valence-electron chi connectivity index (χ3n) is 4.99. The predicted molar refractivity (Wildman–Crippen MR) is 111 cm³/mol. The molecule has 2 aromatic rings. The molecule has 0 amide bonds. The Labute approximate surface area is 180 Å². The summed E-state index contributed by atoms with van der Waals surface area (Å²) in [6, 6.07) is 10.2. The maximum absolute atomic E-state index is 13.3. The number of hydrogen-bond donors (Lipinski definition) is 0. The number of carbonyl (C=O) groups excluding carboxylic acids is 3. The fraction of sp³-hybridized carbons (Fsp3) is 0.348. The number of fused-ring (bicyclic) bond motifs is 1. The molecule has 2 heterocycles. The summed E-state index contributed by atoms with van der Waals surface area (Å²) in [6.07, 6.45) is 1.67. The summed E-state index contributed by atoms with van der Waals surface area (Å²) < 4.78 is 22.7. The van der Waals surface area contributed by atoms with Gasteiger partial charge < -0.3 is 23.5 Å². The van der Waals surface area contributed by atoms with Crippen LogP contribution in [0.1, 0.15) is 32.0 Å². The summed E-state index contributed by atoms with van der Waals surface area (Å²) in [4.78, 5) is 39.9. The van der Waals surface area contributed by atoms with Crippen molar-refractivity contribution in [3.8, 4) is 5.75 Å². The second kappa shape index (κ2) is 9.07. The van der Waals surface area contributed by atoms with Crippen LogP contribution in [0.4, 0.5) is 0 Å². The maximum atomic E-state index is 13.3. The molecule has 1 aliphatic rings. The van der Waals surface area contributed by atoms with Crippen LogP contribution < -0.4 is 4.74 Å². The van der Waals surface area contributed by atoms with Crippen molar-refractivity contribution in [1.29, 1.82) is 0 Å². The second-order valence-corrected chi connectivity index (χ2v) is 6.63. The molecule has 0 atom stereocenters. The van der Waals surface area contributed by atoms with Gasteiger partial charge in [0.25, 0.3) is 0 Å². The van der Waals surface area contributed by atoms with Gasteiger partial charge in [-0.1, -0.05) is 0 Å².